The minimum atomic E-state index is -1.22. The molecule has 3 aromatic rings. The fraction of sp³-hybridized carbons (Fsp3) is 0.290. The molecule has 2 aliphatic rings. The maximum Gasteiger partial charge on any atom is 0.407 e. The molecule has 3 aromatic carbocycles. The van der Waals surface area contributed by atoms with Gasteiger partial charge in [0, 0.05) is 38.0 Å². The lowest BCUT2D eigenvalue weighted by molar-refractivity contribution is 0.0266. The molecule has 45 heavy (non-hydrogen) atoms. The molecule has 5 rings (SSSR count). The summed E-state index contributed by atoms with van der Waals surface area (Å²) in [5.74, 6) is -0.0598. The fourth-order valence-electron chi connectivity index (χ4n) is 4.73. The van der Waals surface area contributed by atoms with Crippen LogP contribution in [0.5, 0.6) is 23.0 Å². The summed E-state index contributed by atoms with van der Waals surface area (Å²) < 4.78 is 37.1. The number of hydrogen-bond acceptors (Lipinski definition) is 11. The van der Waals surface area contributed by atoms with Gasteiger partial charge in [0.1, 0.15) is 17.6 Å². The summed E-state index contributed by atoms with van der Waals surface area (Å²) in [5.41, 5.74) is 0.896. The van der Waals surface area contributed by atoms with E-state index >= 15 is 0 Å². The van der Waals surface area contributed by atoms with Crippen molar-refractivity contribution in [3.8, 4) is 23.0 Å². The number of likely N-dealkylation sites (tertiary alicyclic amines) is 1. The second-order valence-electron chi connectivity index (χ2n) is 9.95. The maximum absolute atomic E-state index is 13.4. The summed E-state index contributed by atoms with van der Waals surface area (Å²) in [4.78, 5) is 52.1. The van der Waals surface area contributed by atoms with Gasteiger partial charge >= 0.3 is 12.1 Å². The summed E-state index contributed by atoms with van der Waals surface area (Å²) in [6, 6.07) is 14.3. The van der Waals surface area contributed by atoms with Gasteiger partial charge in [0.05, 0.1) is 23.7 Å². The first-order valence-electron chi connectivity index (χ1n) is 13.7. The SMILES string of the molecule is COCOc1ccc(C(=O)NC2CN(C(=O)O)CC2OC(=O)c2ccc(C(=O)c3cc4c(cc3OCOC)OCO4)cc2)cc1. The molecule has 0 bridgehead atoms. The second-order valence-corrected chi connectivity index (χ2v) is 9.95. The van der Waals surface area contributed by atoms with Crippen LogP contribution in [0.4, 0.5) is 4.79 Å². The van der Waals surface area contributed by atoms with E-state index in [-0.39, 0.29) is 55.9 Å². The predicted molar refractivity (Wildman–Crippen MR) is 154 cm³/mol. The number of methoxy groups -OCH3 is 2. The third-order valence-electron chi connectivity index (χ3n) is 7.01. The topological polar surface area (TPSA) is 168 Å². The van der Waals surface area contributed by atoms with Gasteiger partial charge < -0.3 is 48.5 Å². The van der Waals surface area contributed by atoms with E-state index in [0.717, 1.165) is 4.90 Å². The van der Waals surface area contributed by atoms with E-state index in [1.807, 2.05) is 0 Å². The highest BCUT2D eigenvalue weighted by molar-refractivity contribution is 6.11. The van der Waals surface area contributed by atoms with Crippen LogP contribution in [0.1, 0.15) is 36.6 Å². The normalized spacial score (nSPS) is 16.6. The van der Waals surface area contributed by atoms with Crippen LogP contribution in [0.25, 0.3) is 0 Å². The molecule has 14 heteroatoms. The van der Waals surface area contributed by atoms with Crippen LogP contribution in [0, 0.1) is 0 Å². The standard InChI is InChI=1S/C31H30N2O12/c1-39-15-41-21-9-7-19(8-10-21)29(35)32-23-13-33(31(37)38)14-27(23)45-30(36)20-5-3-18(4-6-20)28(34)22-11-25-26(44-17-43-25)12-24(22)42-16-40-2/h3-12,23,27H,13-17H2,1-2H3,(H,32,35)(H,37,38). The van der Waals surface area contributed by atoms with Crippen LogP contribution in [0.3, 0.4) is 0 Å². The number of nitrogens with one attached hydrogen (secondary N) is 1. The van der Waals surface area contributed by atoms with Gasteiger partial charge in [0.2, 0.25) is 6.79 Å². The van der Waals surface area contributed by atoms with E-state index < -0.39 is 35.9 Å². The molecule has 0 spiro atoms. The van der Waals surface area contributed by atoms with Crippen LogP contribution in [-0.2, 0) is 14.2 Å². The average Bonchev–Trinajstić information content (AvgIpc) is 3.68. The minimum Gasteiger partial charge on any atom is -0.468 e. The smallest absolute Gasteiger partial charge is 0.407 e. The van der Waals surface area contributed by atoms with Gasteiger partial charge in [-0.15, -0.1) is 0 Å². The molecular formula is C31H30N2O12. The van der Waals surface area contributed by atoms with Crippen molar-refractivity contribution >= 4 is 23.8 Å². The number of nitrogens with zero attached hydrogens (tertiary/aromatic N) is 1. The Kier molecular flexibility index (Phi) is 9.65. The molecule has 14 nitrogen and oxygen atoms in total. The Morgan fingerprint density at radius 1 is 0.844 bits per heavy atom. The zero-order valence-electron chi connectivity index (χ0n) is 24.3. The number of amides is 2. The zero-order chi connectivity index (χ0) is 31.9. The molecule has 2 atom stereocenters. The number of benzene rings is 3. The Morgan fingerprint density at radius 2 is 1.47 bits per heavy atom. The van der Waals surface area contributed by atoms with Crippen molar-refractivity contribution in [1.29, 1.82) is 0 Å². The number of carboxylic acid groups (broad SMARTS) is 1. The van der Waals surface area contributed by atoms with Crippen molar-refractivity contribution in [1.82, 2.24) is 10.2 Å². The Labute approximate surface area is 257 Å². The predicted octanol–water partition coefficient (Wildman–Crippen LogP) is 2.93. The largest absolute Gasteiger partial charge is 0.468 e. The van der Waals surface area contributed by atoms with Crippen LogP contribution < -0.4 is 24.3 Å². The molecule has 1 fully saturated rings. The third-order valence-corrected chi connectivity index (χ3v) is 7.01. The number of rotatable bonds is 12. The first-order chi connectivity index (χ1) is 21.8. The van der Waals surface area contributed by atoms with Crippen molar-refractivity contribution in [2.45, 2.75) is 12.1 Å². The van der Waals surface area contributed by atoms with Crippen molar-refractivity contribution in [3.63, 3.8) is 0 Å². The molecule has 0 saturated carbocycles. The molecule has 0 radical (unpaired) electrons. The summed E-state index contributed by atoms with van der Waals surface area (Å²) in [7, 11) is 2.94. The number of carbonyl (C=O) groups is 4. The molecular weight excluding hydrogens is 592 g/mol. The molecule has 0 aliphatic carbocycles. The van der Waals surface area contributed by atoms with E-state index in [1.54, 1.807) is 30.3 Å². The Morgan fingerprint density at radius 3 is 2.13 bits per heavy atom. The number of fused-ring (bicyclic) bond motifs is 1. The molecule has 236 valence electrons. The minimum absolute atomic E-state index is 0.0150. The van der Waals surface area contributed by atoms with Crippen molar-refractivity contribution in [3.05, 3.63) is 82.9 Å². The van der Waals surface area contributed by atoms with Crippen molar-refractivity contribution in [2.24, 2.45) is 0 Å². The highest BCUT2D eigenvalue weighted by atomic mass is 16.7. The van der Waals surface area contributed by atoms with Gasteiger partial charge in [-0.1, -0.05) is 12.1 Å². The molecule has 2 aliphatic heterocycles. The maximum atomic E-state index is 13.4. The van der Waals surface area contributed by atoms with E-state index in [9.17, 15) is 24.3 Å². The lowest BCUT2D eigenvalue weighted by atomic mass is 10.0. The molecule has 2 amide bonds. The van der Waals surface area contributed by atoms with E-state index in [1.165, 1.54) is 44.6 Å². The summed E-state index contributed by atoms with van der Waals surface area (Å²) in [6.07, 6.45) is -2.18. The van der Waals surface area contributed by atoms with Crippen LogP contribution in [0.2, 0.25) is 0 Å². The monoisotopic (exact) mass is 622 g/mol. The first kappa shape index (κ1) is 31.1. The summed E-state index contributed by atoms with van der Waals surface area (Å²) in [5, 5.41) is 12.3. The molecule has 1 saturated heterocycles. The lowest BCUT2D eigenvalue weighted by Crippen LogP contribution is -2.44. The number of hydrogen-bond donors (Lipinski definition) is 2. The summed E-state index contributed by atoms with van der Waals surface area (Å²) in [6.45, 7) is -0.246. The fourth-order valence-corrected chi connectivity index (χ4v) is 4.73. The second kappa shape index (κ2) is 14.0. The van der Waals surface area contributed by atoms with Crippen LogP contribution >= 0.6 is 0 Å². The van der Waals surface area contributed by atoms with Gasteiger partial charge in [-0.2, -0.15) is 0 Å². The van der Waals surface area contributed by atoms with Crippen LogP contribution in [-0.4, -0.2) is 93.6 Å². The number of ether oxygens (including phenoxy) is 7. The van der Waals surface area contributed by atoms with Gasteiger partial charge in [-0.25, -0.2) is 9.59 Å². The molecule has 2 unspecified atom stereocenters. The van der Waals surface area contributed by atoms with Gasteiger partial charge in [0.15, 0.2) is 30.9 Å². The Bertz CT molecular complexity index is 1560. The highest BCUT2D eigenvalue weighted by Crippen LogP contribution is 2.39. The summed E-state index contributed by atoms with van der Waals surface area (Å²) >= 11 is 0. The third kappa shape index (κ3) is 7.25. The van der Waals surface area contributed by atoms with Crippen LogP contribution in [0.15, 0.2) is 60.7 Å². The molecule has 2 N–H and O–H groups in total. The van der Waals surface area contributed by atoms with E-state index in [4.69, 9.17) is 33.2 Å². The van der Waals surface area contributed by atoms with E-state index in [2.05, 4.69) is 5.32 Å². The zero-order valence-corrected chi connectivity index (χ0v) is 24.3. The Balaban J connectivity index is 1.26. The van der Waals surface area contributed by atoms with Gasteiger partial charge in [-0.05, 0) is 42.5 Å². The first-order valence-corrected chi connectivity index (χ1v) is 13.7. The van der Waals surface area contributed by atoms with Gasteiger partial charge in [-0.3, -0.25) is 9.59 Å². The molecule has 2 heterocycles. The Hall–Kier alpha value is -5.34. The lowest BCUT2D eigenvalue weighted by Gasteiger charge is -2.20. The van der Waals surface area contributed by atoms with Crippen molar-refractivity contribution in [2.75, 3.05) is 47.7 Å². The number of ketones is 1. The van der Waals surface area contributed by atoms with E-state index in [0.29, 0.717) is 22.8 Å². The van der Waals surface area contributed by atoms with Crippen molar-refractivity contribution < 1.29 is 57.4 Å². The quantitative estimate of drug-likeness (QED) is 0.172. The average molecular weight is 623 g/mol. The number of carbonyl (C=O) groups excluding carboxylic acids is 3. The highest BCUT2D eigenvalue weighted by Gasteiger charge is 2.39. The van der Waals surface area contributed by atoms with Gasteiger partial charge in [0.25, 0.3) is 5.91 Å². The number of esters is 1. The molecule has 0 aromatic heterocycles.